The van der Waals surface area contributed by atoms with Crippen LogP contribution in [0.1, 0.15) is 47.6 Å². The maximum atomic E-state index is 11.5. The zero-order valence-electron chi connectivity index (χ0n) is 10.2. The molecule has 2 rings (SSSR count). The lowest BCUT2D eigenvalue weighted by molar-refractivity contribution is 0.101. The van der Waals surface area contributed by atoms with Crippen molar-refractivity contribution in [2.45, 2.75) is 39.7 Å². The van der Waals surface area contributed by atoms with Gasteiger partial charge in [-0.25, -0.2) is 0 Å². The highest BCUT2D eigenvalue weighted by Gasteiger charge is 2.22. The van der Waals surface area contributed by atoms with Gasteiger partial charge < -0.3 is 5.32 Å². The monoisotopic (exact) mass is 221 g/mol. The molecule has 0 saturated carbocycles. The van der Waals surface area contributed by atoms with Gasteiger partial charge in [0, 0.05) is 5.69 Å². The summed E-state index contributed by atoms with van der Waals surface area (Å²) in [6.07, 6.45) is 2.19. The minimum absolute atomic E-state index is 0.121. The quantitative estimate of drug-likeness (QED) is 0.772. The summed E-state index contributed by atoms with van der Waals surface area (Å²) in [7, 11) is 0. The Balaban J connectivity index is 2.34. The standard InChI is InChI=1S/C12H19N3O/c1-8-12(10(3)16)9(2)15(14-8)11-4-6-13-7-5-11/h11,13H,4-7H2,1-3H3. The highest BCUT2D eigenvalue weighted by atomic mass is 16.1. The molecule has 0 aliphatic carbocycles. The summed E-state index contributed by atoms with van der Waals surface area (Å²) in [6, 6.07) is 0.452. The highest BCUT2D eigenvalue weighted by molar-refractivity contribution is 5.96. The fraction of sp³-hybridized carbons (Fsp3) is 0.667. The topological polar surface area (TPSA) is 46.9 Å². The number of Topliss-reactive ketones (excluding diaryl/α,β-unsaturated/α-hetero) is 1. The summed E-state index contributed by atoms with van der Waals surface area (Å²) < 4.78 is 2.05. The van der Waals surface area contributed by atoms with Crippen LogP contribution in [0.4, 0.5) is 0 Å². The number of aromatic nitrogens is 2. The van der Waals surface area contributed by atoms with Gasteiger partial charge >= 0.3 is 0 Å². The van der Waals surface area contributed by atoms with Crippen LogP contribution in [0.5, 0.6) is 0 Å². The summed E-state index contributed by atoms with van der Waals surface area (Å²) in [5.74, 6) is 0.121. The molecule has 1 aromatic heterocycles. The number of ketones is 1. The van der Waals surface area contributed by atoms with E-state index in [1.807, 2.05) is 18.5 Å². The summed E-state index contributed by atoms with van der Waals surface area (Å²) in [5.41, 5.74) is 2.69. The average molecular weight is 221 g/mol. The van der Waals surface area contributed by atoms with Gasteiger partial charge in [0.2, 0.25) is 0 Å². The molecule has 0 spiro atoms. The number of piperidine rings is 1. The second-order valence-corrected chi connectivity index (χ2v) is 4.53. The summed E-state index contributed by atoms with van der Waals surface area (Å²) in [4.78, 5) is 11.5. The lowest BCUT2D eigenvalue weighted by Gasteiger charge is -2.24. The minimum Gasteiger partial charge on any atom is -0.317 e. The Morgan fingerprint density at radius 2 is 2.00 bits per heavy atom. The second kappa shape index (κ2) is 4.37. The molecule has 0 bridgehead atoms. The Morgan fingerprint density at radius 1 is 1.38 bits per heavy atom. The molecule has 1 aromatic rings. The van der Waals surface area contributed by atoms with Crippen molar-refractivity contribution in [3.63, 3.8) is 0 Å². The van der Waals surface area contributed by atoms with Crippen LogP contribution in [0.3, 0.4) is 0 Å². The Kier molecular flexibility index (Phi) is 3.10. The van der Waals surface area contributed by atoms with Crippen molar-refractivity contribution >= 4 is 5.78 Å². The first-order valence-corrected chi connectivity index (χ1v) is 5.88. The number of aryl methyl sites for hydroxylation is 1. The van der Waals surface area contributed by atoms with Gasteiger partial charge in [-0.2, -0.15) is 5.10 Å². The Morgan fingerprint density at radius 3 is 2.50 bits per heavy atom. The van der Waals surface area contributed by atoms with Crippen molar-refractivity contribution in [3.05, 3.63) is 17.0 Å². The van der Waals surface area contributed by atoms with Crippen molar-refractivity contribution in [1.82, 2.24) is 15.1 Å². The number of nitrogens with zero attached hydrogens (tertiary/aromatic N) is 2. The highest BCUT2D eigenvalue weighted by Crippen LogP contribution is 2.23. The van der Waals surface area contributed by atoms with Crippen molar-refractivity contribution in [2.75, 3.05) is 13.1 Å². The maximum Gasteiger partial charge on any atom is 0.163 e. The lowest BCUT2D eigenvalue weighted by atomic mass is 10.1. The van der Waals surface area contributed by atoms with Gasteiger partial charge in [-0.3, -0.25) is 9.48 Å². The first kappa shape index (κ1) is 11.3. The fourth-order valence-electron chi connectivity index (χ4n) is 2.58. The molecular formula is C12H19N3O. The Labute approximate surface area is 96.0 Å². The molecule has 1 aliphatic heterocycles. The van der Waals surface area contributed by atoms with Crippen LogP contribution in [0.15, 0.2) is 0 Å². The molecular weight excluding hydrogens is 202 g/mol. The van der Waals surface area contributed by atoms with Gasteiger partial charge in [0.1, 0.15) is 0 Å². The zero-order valence-corrected chi connectivity index (χ0v) is 10.2. The lowest BCUT2D eigenvalue weighted by Crippen LogP contribution is -2.30. The van der Waals surface area contributed by atoms with E-state index in [0.29, 0.717) is 6.04 Å². The van der Waals surface area contributed by atoms with E-state index >= 15 is 0 Å². The Hall–Kier alpha value is -1.16. The van der Waals surface area contributed by atoms with Crippen molar-refractivity contribution in [3.8, 4) is 0 Å². The zero-order chi connectivity index (χ0) is 11.7. The summed E-state index contributed by atoms with van der Waals surface area (Å²) in [5, 5.41) is 7.86. The maximum absolute atomic E-state index is 11.5. The van der Waals surface area contributed by atoms with Gasteiger partial charge in [0.15, 0.2) is 5.78 Å². The fourth-order valence-corrected chi connectivity index (χ4v) is 2.58. The molecule has 0 radical (unpaired) electrons. The number of carbonyl (C=O) groups excluding carboxylic acids is 1. The molecule has 0 amide bonds. The van der Waals surface area contributed by atoms with E-state index in [-0.39, 0.29) is 5.78 Å². The molecule has 1 N–H and O–H groups in total. The Bertz CT molecular complexity index is 403. The van der Waals surface area contributed by atoms with E-state index < -0.39 is 0 Å². The third kappa shape index (κ3) is 1.89. The predicted octanol–water partition coefficient (Wildman–Crippen LogP) is 1.63. The van der Waals surface area contributed by atoms with Gasteiger partial charge in [0.25, 0.3) is 0 Å². The number of carbonyl (C=O) groups is 1. The molecule has 4 nitrogen and oxygen atoms in total. The second-order valence-electron chi connectivity index (χ2n) is 4.53. The number of nitrogens with one attached hydrogen (secondary N) is 1. The van der Waals surface area contributed by atoms with Gasteiger partial charge in [-0.1, -0.05) is 0 Å². The minimum atomic E-state index is 0.121. The van der Waals surface area contributed by atoms with Gasteiger partial charge in [-0.15, -0.1) is 0 Å². The molecule has 0 aromatic carbocycles. The van der Waals surface area contributed by atoms with Gasteiger partial charge in [0.05, 0.1) is 17.3 Å². The first-order valence-electron chi connectivity index (χ1n) is 5.88. The summed E-state index contributed by atoms with van der Waals surface area (Å²) >= 11 is 0. The molecule has 1 fully saturated rings. The molecule has 0 unspecified atom stereocenters. The largest absolute Gasteiger partial charge is 0.317 e. The number of hydrogen-bond donors (Lipinski definition) is 1. The van der Waals surface area contributed by atoms with Gasteiger partial charge in [-0.05, 0) is 46.7 Å². The molecule has 0 atom stereocenters. The summed E-state index contributed by atoms with van der Waals surface area (Å²) in [6.45, 7) is 7.61. The first-order chi connectivity index (χ1) is 7.61. The van der Waals surface area contributed by atoms with Crippen LogP contribution in [-0.4, -0.2) is 28.7 Å². The van der Waals surface area contributed by atoms with E-state index in [2.05, 4.69) is 10.4 Å². The van der Waals surface area contributed by atoms with Crippen LogP contribution < -0.4 is 5.32 Å². The predicted molar refractivity (Wildman–Crippen MR) is 62.8 cm³/mol. The van der Waals surface area contributed by atoms with Crippen molar-refractivity contribution in [2.24, 2.45) is 0 Å². The van der Waals surface area contributed by atoms with E-state index in [1.54, 1.807) is 6.92 Å². The van der Waals surface area contributed by atoms with Crippen molar-refractivity contribution < 1.29 is 4.79 Å². The molecule has 2 heterocycles. The van der Waals surface area contributed by atoms with Crippen LogP contribution in [0, 0.1) is 13.8 Å². The third-order valence-corrected chi connectivity index (χ3v) is 3.33. The normalized spacial score (nSPS) is 17.7. The van der Waals surface area contributed by atoms with Crippen molar-refractivity contribution in [1.29, 1.82) is 0 Å². The van der Waals surface area contributed by atoms with Crippen LogP contribution >= 0.6 is 0 Å². The van der Waals surface area contributed by atoms with Crippen LogP contribution in [0.2, 0.25) is 0 Å². The average Bonchev–Trinajstić information content (AvgIpc) is 2.55. The molecule has 1 aliphatic rings. The number of rotatable bonds is 2. The SMILES string of the molecule is CC(=O)c1c(C)nn(C2CCNCC2)c1C. The molecule has 4 heteroatoms. The van der Waals surface area contributed by atoms with Crippen LogP contribution in [0.25, 0.3) is 0 Å². The molecule has 88 valence electrons. The number of hydrogen-bond acceptors (Lipinski definition) is 3. The van der Waals surface area contributed by atoms with Crippen LogP contribution in [-0.2, 0) is 0 Å². The molecule has 1 saturated heterocycles. The third-order valence-electron chi connectivity index (χ3n) is 3.33. The smallest absolute Gasteiger partial charge is 0.163 e. The van der Waals surface area contributed by atoms with E-state index in [9.17, 15) is 4.79 Å². The van der Waals surface area contributed by atoms with E-state index in [0.717, 1.165) is 42.9 Å². The van der Waals surface area contributed by atoms with E-state index in [4.69, 9.17) is 0 Å². The van der Waals surface area contributed by atoms with E-state index in [1.165, 1.54) is 0 Å². The molecule has 16 heavy (non-hydrogen) atoms.